The molecule has 3 aromatic rings. The highest BCUT2D eigenvalue weighted by atomic mass is 31.2. The lowest BCUT2D eigenvalue weighted by Gasteiger charge is -2.31. The second kappa shape index (κ2) is 9.23. The van der Waals surface area contributed by atoms with E-state index in [1.165, 1.54) is 34.2 Å². The molecule has 5 rings (SSSR count). The van der Waals surface area contributed by atoms with Crippen molar-refractivity contribution in [1.29, 1.82) is 0 Å². The first kappa shape index (κ1) is 23.2. The number of nitrogens with one attached hydrogen (secondary N) is 1. The third-order valence-electron chi connectivity index (χ3n) is 7.71. The highest BCUT2D eigenvalue weighted by molar-refractivity contribution is 7.82. The van der Waals surface area contributed by atoms with Crippen LogP contribution in [0.15, 0.2) is 89.9 Å². The summed E-state index contributed by atoms with van der Waals surface area (Å²) in [5, 5.41) is 7.05. The second-order valence-corrected chi connectivity index (χ2v) is 13.3. The van der Waals surface area contributed by atoms with Crippen LogP contribution >= 0.6 is 7.14 Å². The Bertz CT molecular complexity index is 1170. The third kappa shape index (κ3) is 3.87. The maximum atomic E-state index is 15.3. The van der Waals surface area contributed by atoms with Gasteiger partial charge in [-0.2, -0.15) is 0 Å². The minimum Gasteiger partial charge on any atom is -0.358 e. The Morgan fingerprint density at radius 2 is 1.21 bits per heavy atom. The molecule has 0 amide bonds. The van der Waals surface area contributed by atoms with Crippen LogP contribution in [0.3, 0.4) is 0 Å². The zero-order chi connectivity index (χ0) is 23.9. The number of hydrogen-bond acceptors (Lipinski definition) is 2. The maximum Gasteiger partial charge on any atom is 0.169 e. The van der Waals surface area contributed by atoms with Crippen LogP contribution in [0.2, 0.25) is 0 Å². The lowest BCUT2D eigenvalue weighted by molar-refractivity contribution is 0.581. The van der Waals surface area contributed by atoms with Crippen LogP contribution in [0.25, 0.3) is 0 Å². The molecule has 0 aliphatic heterocycles. The normalized spacial score (nSPS) is 19.9. The molecule has 3 aromatic carbocycles. The van der Waals surface area contributed by atoms with Gasteiger partial charge in [-0.25, -0.2) is 0 Å². The number of fused-ring (bicyclic) bond motifs is 2. The van der Waals surface area contributed by atoms with Gasteiger partial charge in [-0.05, 0) is 48.1 Å². The summed E-state index contributed by atoms with van der Waals surface area (Å²) < 4.78 is 15.3. The summed E-state index contributed by atoms with van der Waals surface area (Å²) in [5.74, 6) is 1.67. The van der Waals surface area contributed by atoms with Crippen molar-refractivity contribution in [1.82, 2.24) is 0 Å². The Balaban J connectivity index is 1.74. The van der Waals surface area contributed by atoms with E-state index in [2.05, 4.69) is 75.5 Å². The van der Waals surface area contributed by atoms with E-state index in [-0.39, 0.29) is 0 Å². The van der Waals surface area contributed by atoms with Gasteiger partial charge in [0.15, 0.2) is 7.14 Å². The van der Waals surface area contributed by atoms with Gasteiger partial charge >= 0.3 is 0 Å². The number of para-hydroxylation sites is 1. The topological polar surface area (TPSA) is 29.1 Å². The Morgan fingerprint density at radius 1 is 0.706 bits per heavy atom. The summed E-state index contributed by atoms with van der Waals surface area (Å²) in [4.78, 5) is 0. The number of hydrogen-bond donors (Lipinski definition) is 1. The summed E-state index contributed by atoms with van der Waals surface area (Å²) in [6, 6.07) is 27.1. The number of benzene rings is 3. The monoisotopic (exact) mass is 469 g/mol. The van der Waals surface area contributed by atoms with Gasteiger partial charge < -0.3 is 9.88 Å². The van der Waals surface area contributed by atoms with E-state index in [4.69, 9.17) is 0 Å². The smallest absolute Gasteiger partial charge is 0.169 e. The summed E-state index contributed by atoms with van der Waals surface area (Å²) in [5.41, 5.74) is 5.16. The fourth-order valence-corrected chi connectivity index (χ4v) is 9.41. The molecular weight excluding hydrogens is 433 g/mol. The van der Waals surface area contributed by atoms with Gasteiger partial charge in [0.05, 0.1) is 0 Å². The Kier molecular flexibility index (Phi) is 6.30. The van der Waals surface area contributed by atoms with Crippen molar-refractivity contribution in [2.45, 2.75) is 58.8 Å². The van der Waals surface area contributed by atoms with Crippen molar-refractivity contribution in [3.05, 3.63) is 101 Å². The van der Waals surface area contributed by atoms with Gasteiger partial charge in [0.2, 0.25) is 0 Å². The molecule has 1 N–H and O–H groups in total. The predicted molar refractivity (Wildman–Crippen MR) is 146 cm³/mol. The van der Waals surface area contributed by atoms with E-state index >= 15 is 4.57 Å². The van der Waals surface area contributed by atoms with E-state index < -0.39 is 7.14 Å². The Hall–Kier alpha value is -2.57. The molecule has 0 aromatic heterocycles. The van der Waals surface area contributed by atoms with Crippen LogP contribution < -0.4 is 15.9 Å². The lowest BCUT2D eigenvalue weighted by atomic mass is 9.92. The van der Waals surface area contributed by atoms with Gasteiger partial charge in [-0.3, -0.25) is 0 Å². The van der Waals surface area contributed by atoms with Gasteiger partial charge in [-0.1, -0.05) is 107 Å². The Morgan fingerprint density at radius 3 is 1.71 bits per heavy atom. The zero-order valence-electron chi connectivity index (χ0n) is 20.8. The fourth-order valence-electron chi connectivity index (χ4n) is 6.05. The van der Waals surface area contributed by atoms with Gasteiger partial charge in [0, 0.05) is 33.2 Å². The SMILES string of the molecule is CC(C)c1cccc(C(C)C)c1NC1=C(P(=O)(c2ccccc2)c2ccccc2)C2CCC1C2. The average Bonchev–Trinajstić information content (AvgIpc) is 3.46. The first-order chi connectivity index (χ1) is 16.4. The summed E-state index contributed by atoms with van der Waals surface area (Å²) in [7, 11) is -2.97. The molecule has 1 fully saturated rings. The lowest BCUT2D eigenvalue weighted by Crippen LogP contribution is -2.23. The fraction of sp³-hybridized carbons (Fsp3) is 0.355. The minimum atomic E-state index is -2.97. The van der Waals surface area contributed by atoms with E-state index in [0.717, 1.165) is 23.5 Å². The first-order valence-electron chi connectivity index (χ1n) is 12.8. The van der Waals surface area contributed by atoms with Gasteiger partial charge in [-0.15, -0.1) is 0 Å². The standard InChI is InChI=1S/C31H36NOP/c1-21(2)27-16-11-17-28(22(3)4)30(27)32-29-23-18-19-24(20-23)31(29)34(33,25-12-7-5-8-13-25)26-14-9-6-10-15-26/h5-17,21-24,32H,18-20H2,1-4H3. The van der Waals surface area contributed by atoms with Crippen LogP contribution in [0, 0.1) is 11.8 Å². The molecule has 2 aliphatic carbocycles. The van der Waals surface area contributed by atoms with Crippen molar-refractivity contribution in [2.24, 2.45) is 11.8 Å². The first-order valence-corrected chi connectivity index (χ1v) is 14.5. The van der Waals surface area contributed by atoms with Crippen LogP contribution in [-0.4, -0.2) is 0 Å². The molecule has 3 heteroatoms. The van der Waals surface area contributed by atoms with Crippen LogP contribution in [0.1, 0.15) is 69.9 Å². The molecule has 2 aliphatic rings. The molecule has 0 saturated heterocycles. The summed E-state index contributed by atoms with van der Waals surface area (Å²) in [6.07, 6.45) is 3.43. The molecule has 2 atom stereocenters. The van der Waals surface area contributed by atoms with E-state index in [1.54, 1.807) is 0 Å². The molecule has 34 heavy (non-hydrogen) atoms. The molecule has 1 saturated carbocycles. The van der Waals surface area contributed by atoms with Crippen LogP contribution in [-0.2, 0) is 4.57 Å². The average molecular weight is 470 g/mol. The minimum absolute atomic E-state index is 0.382. The van der Waals surface area contributed by atoms with E-state index in [0.29, 0.717) is 23.7 Å². The predicted octanol–water partition coefficient (Wildman–Crippen LogP) is 8.00. The van der Waals surface area contributed by atoms with E-state index in [1.807, 2.05) is 36.4 Å². The van der Waals surface area contributed by atoms with E-state index in [9.17, 15) is 0 Å². The van der Waals surface area contributed by atoms with Crippen molar-refractivity contribution >= 4 is 23.4 Å². The molecule has 0 radical (unpaired) electrons. The van der Waals surface area contributed by atoms with Gasteiger partial charge in [0.1, 0.15) is 0 Å². The second-order valence-electron chi connectivity index (χ2n) is 10.5. The molecule has 0 heterocycles. The highest BCUT2D eigenvalue weighted by Gasteiger charge is 2.48. The van der Waals surface area contributed by atoms with Crippen molar-refractivity contribution < 1.29 is 4.57 Å². The molecule has 0 spiro atoms. The third-order valence-corrected chi connectivity index (χ3v) is 11.1. The van der Waals surface area contributed by atoms with Gasteiger partial charge in [0.25, 0.3) is 0 Å². The van der Waals surface area contributed by atoms with Crippen LogP contribution in [0.5, 0.6) is 0 Å². The summed E-state index contributed by atoms with van der Waals surface area (Å²) in [6.45, 7) is 9.05. The quantitative estimate of drug-likeness (QED) is 0.355. The summed E-state index contributed by atoms with van der Waals surface area (Å²) >= 11 is 0. The molecule has 176 valence electrons. The van der Waals surface area contributed by atoms with Crippen molar-refractivity contribution in [2.75, 3.05) is 5.32 Å². The molecule has 2 nitrogen and oxygen atoms in total. The maximum absolute atomic E-state index is 15.3. The Labute approximate surface area is 204 Å². The number of allylic oxidation sites excluding steroid dienone is 2. The number of rotatable bonds is 7. The van der Waals surface area contributed by atoms with Crippen LogP contribution in [0.4, 0.5) is 5.69 Å². The number of anilines is 1. The zero-order valence-corrected chi connectivity index (χ0v) is 21.7. The molecule has 2 unspecified atom stereocenters. The molecular formula is C31H36NOP. The largest absolute Gasteiger partial charge is 0.358 e. The highest BCUT2D eigenvalue weighted by Crippen LogP contribution is 2.65. The van der Waals surface area contributed by atoms with Crippen molar-refractivity contribution in [3.8, 4) is 0 Å². The molecule has 2 bridgehead atoms. The van der Waals surface area contributed by atoms with Crippen molar-refractivity contribution in [3.63, 3.8) is 0 Å².